The van der Waals surface area contributed by atoms with Gasteiger partial charge in [-0.05, 0) is 69.8 Å². The molecule has 1 aliphatic heterocycles. The summed E-state index contributed by atoms with van der Waals surface area (Å²) >= 11 is 7.37. The molecule has 35 heavy (non-hydrogen) atoms. The van der Waals surface area contributed by atoms with Crippen LogP contribution in [0.3, 0.4) is 0 Å². The van der Waals surface area contributed by atoms with Crippen LogP contribution in [0.4, 0.5) is 5.13 Å². The Balaban J connectivity index is 1.71. The number of aryl methyl sites for hydroxylation is 1. The predicted octanol–water partition coefficient (Wildman–Crippen LogP) is 4.01. The largest absolute Gasteiger partial charge is 0.494 e. The minimum Gasteiger partial charge on any atom is -0.494 e. The molecule has 0 radical (unpaired) electrons. The number of ether oxygens (including phenoxy) is 1. The number of rotatable bonds is 8. The van der Waals surface area contributed by atoms with Gasteiger partial charge in [-0.2, -0.15) is 4.31 Å². The van der Waals surface area contributed by atoms with Gasteiger partial charge in [-0.25, -0.2) is 13.4 Å². The van der Waals surface area contributed by atoms with Gasteiger partial charge in [-0.1, -0.05) is 29.0 Å². The number of benzene rings is 2. The molecule has 1 aliphatic rings. The Hall–Kier alpha value is -2.24. The monoisotopic (exact) mass is 536 g/mol. The molecular weight excluding hydrogens is 508 g/mol. The molecule has 0 saturated carbocycles. The first-order chi connectivity index (χ1) is 16.6. The molecule has 2 heterocycles. The van der Waals surface area contributed by atoms with E-state index < -0.39 is 16.1 Å². The van der Waals surface area contributed by atoms with Gasteiger partial charge in [0.15, 0.2) is 5.13 Å². The van der Waals surface area contributed by atoms with Crippen molar-refractivity contribution in [2.24, 2.45) is 0 Å². The molecule has 8 nitrogen and oxygen atoms in total. The van der Waals surface area contributed by atoms with Crippen LogP contribution >= 0.6 is 22.9 Å². The van der Waals surface area contributed by atoms with Crippen LogP contribution in [-0.2, 0) is 14.8 Å². The average molecular weight is 537 g/mol. The first-order valence-corrected chi connectivity index (χ1v) is 13.9. The van der Waals surface area contributed by atoms with E-state index >= 15 is 0 Å². The van der Waals surface area contributed by atoms with Crippen LogP contribution < -0.4 is 9.64 Å². The smallest absolute Gasteiger partial charge is 0.247 e. The summed E-state index contributed by atoms with van der Waals surface area (Å²) in [5.74, 6) is 0.374. The van der Waals surface area contributed by atoms with Gasteiger partial charge >= 0.3 is 0 Å². The van der Waals surface area contributed by atoms with Crippen LogP contribution in [0.2, 0.25) is 5.02 Å². The molecule has 0 N–H and O–H groups in total. The quantitative estimate of drug-likeness (QED) is 0.432. The number of halogens is 1. The van der Waals surface area contributed by atoms with Crippen molar-refractivity contribution in [3.63, 3.8) is 0 Å². The van der Waals surface area contributed by atoms with E-state index in [2.05, 4.69) is 0 Å². The summed E-state index contributed by atoms with van der Waals surface area (Å²) in [6, 6.07) is 9.07. The van der Waals surface area contributed by atoms with E-state index in [1.165, 1.54) is 27.8 Å². The number of amides is 1. The van der Waals surface area contributed by atoms with Crippen molar-refractivity contribution >= 4 is 54.2 Å². The van der Waals surface area contributed by atoms with Crippen LogP contribution in [0, 0.1) is 6.92 Å². The summed E-state index contributed by atoms with van der Waals surface area (Å²) in [5.41, 5.74) is 1.74. The van der Waals surface area contributed by atoms with Crippen molar-refractivity contribution in [1.82, 2.24) is 14.2 Å². The number of fused-ring (bicyclic) bond motifs is 1. The van der Waals surface area contributed by atoms with Gasteiger partial charge in [0.1, 0.15) is 17.3 Å². The fourth-order valence-electron chi connectivity index (χ4n) is 4.18. The van der Waals surface area contributed by atoms with Crippen LogP contribution in [0.5, 0.6) is 5.75 Å². The average Bonchev–Trinajstić information content (AvgIpc) is 3.48. The maximum absolute atomic E-state index is 13.9. The number of carbonyl (C=O) groups excluding carboxylic acids is 1. The number of hydrogen-bond donors (Lipinski definition) is 0. The Labute approximate surface area is 215 Å². The first-order valence-electron chi connectivity index (χ1n) is 11.3. The molecular formula is C24H29ClN4O4S2. The molecule has 0 bridgehead atoms. The SMILES string of the molecule is COc1ccc(C)c2sc(N(CCN(C)C)C(=O)C3CCCN3S(=O)(=O)c3ccc(Cl)cc3)nc12. The van der Waals surface area contributed by atoms with Crippen molar-refractivity contribution in [2.75, 3.05) is 45.7 Å². The highest BCUT2D eigenvalue weighted by atomic mass is 35.5. The second-order valence-electron chi connectivity index (χ2n) is 8.78. The molecule has 0 spiro atoms. The molecule has 1 unspecified atom stereocenters. The number of aromatic nitrogens is 1. The van der Waals surface area contributed by atoms with E-state index in [1.54, 1.807) is 24.1 Å². The summed E-state index contributed by atoms with van der Waals surface area (Å²) in [6.45, 7) is 3.27. The second-order valence-corrected chi connectivity index (χ2v) is 12.1. The second kappa shape index (κ2) is 10.4. The third kappa shape index (κ3) is 5.17. The normalized spacial score (nSPS) is 16.8. The van der Waals surface area contributed by atoms with Crippen LogP contribution in [0.25, 0.3) is 10.2 Å². The van der Waals surface area contributed by atoms with Crippen LogP contribution in [0.1, 0.15) is 18.4 Å². The molecule has 1 saturated heterocycles. The van der Waals surface area contributed by atoms with Gasteiger partial charge in [0.2, 0.25) is 15.9 Å². The molecule has 3 aromatic rings. The highest BCUT2D eigenvalue weighted by Crippen LogP contribution is 2.37. The third-order valence-electron chi connectivity index (χ3n) is 6.09. The fourth-order valence-corrected chi connectivity index (χ4v) is 7.03. The summed E-state index contributed by atoms with van der Waals surface area (Å²) in [4.78, 5) is 22.4. The van der Waals surface area contributed by atoms with Gasteiger partial charge in [-0.3, -0.25) is 9.69 Å². The molecule has 4 rings (SSSR count). The minimum absolute atomic E-state index is 0.127. The fraction of sp³-hybridized carbons (Fsp3) is 0.417. The van der Waals surface area contributed by atoms with Gasteiger partial charge < -0.3 is 9.64 Å². The number of methoxy groups -OCH3 is 1. The lowest BCUT2D eigenvalue weighted by molar-refractivity contribution is -0.121. The lowest BCUT2D eigenvalue weighted by Gasteiger charge is -2.29. The van der Waals surface area contributed by atoms with Gasteiger partial charge in [0, 0.05) is 24.7 Å². The summed E-state index contributed by atoms with van der Waals surface area (Å²) in [5, 5.41) is 0.990. The Bertz CT molecular complexity index is 1330. The van der Waals surface area contributed by atoms with Crippen LogP contribution in [0.15, 0.2) is 41.3 Å². The van der Waals surface area contributed by atoms with Gasteiger partial charge in [0.25, 0.3) is 0 Å². The zero-order chi connectivity index (χ0) is 25.3. The number of anilines is 1. The van der Waals surface area contributed by atoms with Crippen molar-refractivity contribution in [3.8, 4) is 5.75 Å². The lowest BCUT2D eigenvalue weighted by atomic mass is 10.2. The Morgan fingerprint density at radius 3 is 2.57 bits per heavy atom. The number of carbonyl (C=O) groups is 1. The van der Waals surface area contributed by atoms with Crippen molar-refractivity contribution < 1.29 is 17.9 Å². The maximum Gasteiger partial charge on any atom is 0.247 e. The van der Waals surface area contributed by atoms with E-state index in [1.807, 2.05) is 38.1 Å². The van der Waals surface area contributed by atoms with Crippen LogP contribution in [-0.4, -0.2) is 75.4 Å². The zero-order valence-electron chi connectivity index (χ0n) is 20.2. The van der Waals surface area contributed by atoms with Crippen molar-refractivity contribution in [2.45, 2.75) is 30.7 Å². The minimum atomic E-state index is -3.86. The first kappa shape index (κ1) is 25.8. The number of sulfonamides is 1. The predicted molar refractivity (Wildman–Crippen MR) is 140 cm³/mol. The lowest BCUT2D eigenvalue weighted by Crippen LogP contribution is -2.49. The van der Waals surface area contributed by atoms with Crippen molar-refractivity contribution in [3.05, 3.63) is 47.0 Å². The highest BCUT2D eigenvalue weighted by Gasteiger charge is 2.42. The Morgan fingerprint density at radius 2 is 1.91 bits per heavy atom. The molecule has 1 fully saturated rings. The molecule has 2 aromatic carbocycles. The molecule has 1 aromatic heterocycles. The van der Waals surface area contributed by atoms with E-state index in [0.717, 1.165) is 10.3 Å². The standard InChI is InChI=1S/C24H29ClN4O4S2/c1-16-7-12-20(33-4)21-22(16)34-24(26-21)28(15-14-27(2)3)23(30)19-6-5-13-29(19)35(31,32)18-10-8-17(25)9-11-18/h7-12,19H,5-6,13-15H2,1-4H3. The number of hydrogen-bond acceptors (Lipinski definition) is 7. The molecule has 0 aliphatic carbocycles. The number of nitrogens with zero attached hydrogens (tertiary/aromatic N) is 4. The van der Waals surface area contributed by atoms with Gasteiger partial charge in [-0.15, -0.1) is 0 Å². The molecule has 1 atom stereocenters. The summed E-state index contributed by atoms with van der Waals surface area (Å²) < 4.78 is 34.6. The number of thiazole rings is 1. The van der Waals surface area contributed by atoms with E-state index in [0.29, 0.717) is 47.4 Å². The Morgan fingerprint density at radius 1 is 1.20 bits per heavy atom. The zero-order valence-corrected chi connectivity index (χ0v) is 22.6. The van der Waals surface area contributed by atoms with E-state index in [4.69, 9.17) is 21.3 Å². The molecule has 1 amide bonds. The molecule has 11 heteroatoms. The topological polar surface area (TPSA) is 83.0 Å². The van der Waals surface area contributed by atoms with E-state index in [-0.39, 0.29) is 17.3 Å². The van der Waals surface area contributed by atoms with E-state index in [9.17, 15) is 13.2 Å². The molecule has 188 valence electrons. The third-order valence-corrected chi connectivity index (χ3v) is 9.48. The summed E-state index contributed by atoms with van der Waals surface area (Å²) in [7, 11) is 1.60. The number of likely N-dealkylation sites (N-methyl/N-ethyl adjacent to an activating group) is 1. The van der Waals surface area contributed by atoms with Crippen molar-refractivity contribution in [1.29, 1.82) is 0 Å². The maximum atomic E-state index is 13.9. The summed E-state index contributed by atoms with van der Waals surface area (Å²) in [6.07, 6.45) is 1.06. The van der Waals surface area contributed by atoms with Gasteiger partial charge in [0.05, 0.1) is 16.7 Å². The Kier molecular flexibility index (Phi) is 7.68. The highest BCUT2D eigenvalue weighted by molar-refractivity contribution is 7.89.